The first-order chi connectivity index (χ1) is 14.2. The number of ether oxygens (including phenoxy) is 3. The van der Waals surface area contributed by atoms with Crippen LogP contribution >= 0.6 is 0 Å². The largest absolute Gasteiger partial charge is 0.493 e. The minimum Gasteiger partial charge on any atom is -0.493 e. The van der Waals surface area contributed by atoms with Crippen LogP contribution in [0.15, 0.2) is 47.4 Å². The van der Waals surface area contributed by atoms with Crippen LogP contribution in [0.1, 0.15) is 24.2 Å². The van der Waals surface area contributed by atoms with E-state index in [-0.39, 0.29) is 35.8 Å². The maximum absolute atomic E-state index is 13.1. The number of rotatable bonds is 6. The minimum atomic E-state index is -3.74. The third-order valence-electron chi connectivity index (χ3n) is 4.76. The summed E-state index contributed by atoms with van der Waals surface area (Å²) in [6.07, 6.45) is -0.389. The van der Waals surface area contributed by atoms with Gasteiger partial charge in [-0.05, 0) is 44.2 Å². The number of benzene rings is 2. The maximum atomic E-state index is 13.1. The van der Waals surface area contributed by atoms with E-state index in [1.54, 1.807) is 30.3 Å². The predicted molar refractivity (Wildman–Crippen MR) is 113 cm³/mol. The van der Waals surface area contributed by atoms with Crippen LogP contribution in [0.5, 0.6) is 11.5 Å². The monoisotopic (exact) mass is 434 g/mol. The second-order valence-corrected chi connectivity index (χ2v) is 9.07. The van der Waals surface area contributed by atoms with Gasteiger partial charge in [-0.15, -0.1) is 0 Å². The number of nitrogens with zero attached hydrogens (tertiary/aromatic N) is 1. The Morgan fingerprint density at radius 3 is 2.33 bits per heavy atom. The molecule has 0 bridgehead atoms. The Morgan fingerprint density at radius 1 is 1.03 bits per heavy atom. The average Bonchev–Trinajstić information content (AvgIpc) is 2.73. The van der Waals surface area contributed by atoms with E-state index in [0.29, 0.717) is 17.2 Å². The quantitative estimate of drug-likeness (QED) is 0.751. The predicted octanol–water partition coefficient (Wildman–Crippen LogP) is 2.75. The molecule has 1 fully saturated rings. The van der Waals surface area contributed by atoms with Gasteiger partial charge in [0, 0.05) is 30.4 Å². The van der Waals surface area contributed by atoms with E-state index in [1.807, 2.05) is 13.8 Å². The van der Waals surface area contributed by atoms with Crippen LogP contribution in [-0.4, -0.2) is 58.1 Å². The zero-order chi connectivity index (χ0) is 21.9. The molecule has 3 rings (SSSR count). The summed E-state index contributed by atoms with van der Waals surface area (Å²) in [5.74, 6) is 0.586. The molecule has 0 aromatic heterocycles. The molecular formula is C21H26N2O6S. The number of hydrogen-bond acceptors (Lipinski definition) is 6. The zero-order valence-corrected chi connectivity index (χ0v) is 18.2. The third-order valence-corrected chi connectivity index (χ3v) is 6.59. The van der Waals surface area contributed by atoms with E-state index in [1.165, 1.54) is 30.7 Å². The molecule has 162 valence electrons. The Labute approximate surface area is 176 Å². The van der Waals surface area contributed by atoms with Crippen LogP contribution in [-0.2, 0) is 14.8 Å². The van der Waals surface area contributed by atoms with Crippen molar-refractivity contribution in [2.75, 3.05) is 32.6 Å². The highest BCUT2D eigenvalue weighted by molar-refractivity contribution is 7.89. The summed E-state index contributed by atoms with van der Waals surface area (Å²) in [4.78, 5) is 12.8. The maximum Gasteiger partial charge on any atom is 0.255 e. The SMILES string of the molecule is COc1ccc(NC(=O)c2cccc(S(=O)(=O)N3CC(C)OC(C)C3)c2)cc1OC. The summed E-state index contributed by atoms with van der Waals surface area (Å²) in [6, 6.07) is 11.0. The van der Waals surface area contributed by atoms with E-state index >= 15 is 0 Å². The van der Waals surface area contributed by atoms with Gasteiger partial charge in [0.1, 0.15) is 0 Å². The number of carbonyl (C=O) groups is 1. The van der Waals surface area contributed by atoms with Gasteiger partial charge >= 0.3 is 0 Å². The van der Waals surface area contributed by atoms with Crippen LogP contribution < -0.4 is 14.8 Å². The van der Waals surface area contributed by atoms with E-state index < -0.39 is 15.9 Å². The number of carbonyl (C=O) groups excluding carboxylic acids is 1. The molecule has 1 aliphatic heterocycles. The fourth-order valence-corrected chi connectivity index (χ4v) is 5.03. The fourth-order valence-electron chi connectivity index (χ4n) is 3.39. The van der Waals surface area contributed by atoms with E-state index in [4.69, 9.17) is 14.2 Å². The molecule has 2 atom stereocenters. The highest BCUT2D eigenvalue weighted by Crippen LogP contribution is 2.30. The molecule has 30 heavy (non-hydrogen) atoms. The first-order valence-corrected chi connectivity index (χ1v) is 11.0. The summed E-state index contributed by atoms with van der Waals surface area (Å²) in [6.45, 7) is 4.22. The Hall–Kier alpha value is -2.62. The number of nitrogens with one attached hydrogen (secondary N) is 1. The number of hydrogen-bond donors (Lipinski definition) is 1. The van der Waals surface area contributed by atoms with Crippen LogP contribution in [0.25, 0.3) is 0 Å². The molecule has 1 aliphatic rings. The van der Waals surface area contributed by atoms with Crippen molar-refractivity contribution in [2.45, 2.75) is 31.0 Å². The summed E-state index contributed by atoms with van der Waals surface area (Å²) >= 11 is 0. The Kier molecular flexibility index (Phi) is 6.64. The molecule has 8 nitrogen and oxygen atoms in total. The van der Waals surface area contributed by atoms with Crippen molar-refractivity contribution in [2.24, 2.45) is 0 Å². The minimum absolute atomic E-state index is 0.0729. The molecular weight excluding hydrogens is 408 g/mol. The van der Waals surface area contributed by atoms with Crippen LogP contribution in [0, 0.1) is 0 Å². The van der Waals surface area contributed by atoms with Crippen LogP contribution in [0.3, 0.4) is 0 Å². The van der Waals surface area contributed by atoms with Crippen LogP contribution in [0.4, 0.5) is 5.69 Å². The Bertz CT molecular complexity index is 1010. The summed E-state index contributed by atoms with van der Waals surface area (Å²) in [5.41, 5.74) is 0.738. The number of morpholine rings is 1. The van der Waals surface area contributed by atoms with Crippen molar-refractivity contribution < 1.29 is 27.4 Å². The first kappa shape index (κ1) is 22.1. The molecule has 1 saturated heterocycles. The Balaban J connectivity index is 1.82. The van der Waals surface area contributed by atoms with E-state index in [9.17, 15) is 13.2 Å². The summed E-state index contributed by atoms with van der Waals surface area (Å²) in [7, 11) is -0.709. The van der Waals surface area contributed by atoms with Gasteiger partial charge in [0.2, 0.25) is 10.0 Å². The molecule has 1 heterocycles. The van der Waals surface area contributed by atoms with Gasteiger partial charge < -0.3 is 19.5 Å². The summed E-state index contributed by atoms with van der Waals surface area (Å²) < 4.78 is 43.6. The first-order valence-electron chi connectivity index (χ1n) is 9.53. The molecule has 9 heteroatoms. The lowest BCUT2D eigenvalue weighted by atomic mass is 10.2. The summed E-state index contributed by atoms with van der Waals surface area (Å²) in [5, 5.41) is 2.75. The lowest BCUT2D eigenvalue weighted by Crippen LogP contribution is -2.48. The molecule has 1 amide bonds. The smallest absolute Gasteiger partial charge is 0.255 e. The van der Waals surface area contributed by atoms with Gasteiger partial charge in [0.15, 0.2) is 11.5 Å². The second-order valence-electron chi connectivity index (χ2n) is 7.13. The third kappa shape index (κ3) is 4.75. The molecule has 2 aromatic carbocycles. The number of methoxy groups -OCH3 is 2. The normalized spacial score (nSPS) is 19.9. The van der Waals surface area contributed by atoms with Gasteiger partial charge in [-0.3, -0.25) is 4.79 Å². The number of amides is 1. The van der Waals surface area contributed by atoms with Gasteiger partial charge in [-0.1, -0.05) is 6.07 Å². The highest BCUT2D eigenvalue weighted by atomic mass is 32.2. The molecule has 0 spiro atoms. The molecule has 0 radical (unpaired) electrons. The Morgan fingerprint density at radius 2 is 1.70 bits per heavy atom. The highest BCUT2D eigenvalue weighted by Gasteiger charge is 2.32. The topological polar surface area (TPSA) is 94.2 Å². The molecule has 2 unspecified atom stereocenters. The van der Waals surface area contributed by atoms with Crippen molar-refractivity contribution in [3.63, 3.8) is 0 Å². The number of sulfonamides is 1. The standard InChI is InChI=1S/C21H26N2O6S/c1-14-12-23(13-15(2)29-14)30(25,26)18-7-5-6-16(10-18)21(24)22-17-8-9-19(27-3)20(11-17)28-4/h5-11,14-15H,12-13H2,1-4H3,(H,22,24). The van der Waals surface area contributed by atoms with Crippen LogP contribution in [0.2, 0.25) is 0 Å². The molecule has 0 aliphatic carbocycles. The molecule has 2 aromatic rings. The van der Waals surface area contributed by atoms with Crippen molar-refractivity contribution in [3.05, 3.63) is 48.0 Å². The van der Waals surface area contributed by atoms with Gasteiger partial charge in [-0.2, -0.15) is 4.31 Å². The second kappa shape index (κ2) is 9.03. The lowest BCUT2D eigenvalue weighted by Gasteiger charge is -2.34. The van der Waals surface area contributed by atoms with Crippen molar-refractivity contribution in [1.29, 1.82) is 0 Å². The fraction of sp³-hybridized carbons (Fsp3) is 0.381. The van der Waals surface area contributed by atoms with Gasteiger partial charge in [0.25, 0.3) is 5.91 Å². The van der Waals surface area contributed by atoms with E-state index in [0.717, 1.165) is 0 Å². The van der Waals surface area contributed by atoms with Gasteiger partial charge in [0.05, 0.1) is 31.3 Å². The zero-order valence-electron chi connectivity index (χ0n) is 17.4. The number of anilines is 1. The van der Waals surface area contributed by atoms with Crippen molar-refractivity contribution >= 4 is 21.6 Å². The average molecular weight is 435 g/mol. The van der Waals surface area contributed by atoms with Gasteiger partial charge in [-0.25, -0.2) is 8.42 Å². The lowest BCUT2D eigenvalue weighted by molar-refractivity contribution is -0.0440. The molecule has 0 saturated carbocycles. The molecule has 1 N–H and O–H groups in total. The van der Waals surface area contributed by atoms with Crippen molar-refractivity contribution in [1.82, 2.24) is 4.31 Å². The van der Waals surface area contributed by atoms with E-state index in [2.05, 4.69) is 5.32 Å². The van der Waals surface area contributed by atoms with Crippen molar-refractivity contribution in [3.8, 4) is 11.5 Å².